The molecule has 0 bridgehead atoms. The summed E-state index contributed by atoms with van der Waals surface area (Å²) in [7, 11) is 0. The minimum atomic E-state index is -0.403. The first kappa shape index (κ1) is 18.2. The number of carbonyl (C=O) groups is 1. The molecule has 0 spiro atoms. The second-order valence-corrected chi connectivity index (χ2v) is 6.12. The summed E-state index contributed by atoms with van der Waals surface area (Å²) in [4.78, 5) is 24.9. The van der Waals surface area contributed by atoms with Crippen molar-refractivity contribution < 1.29 is 9.53 Å². The molecular weight excluding hydrogens is 302 g/mol. The Morgan fingerprint density at radius 1 is 1.04 bits per heavy atom. The molecule has 1 aromatic heterocycles. The van der Waals surface area contributed by atoms with Gasteiger partial charge < -0.3 is 9.30 Å². The number of rotatable bonds is 9. The largest absolute Gasteiger partial charge is 0.462 e. The first-order chi connectivity index (χ1) is 11.7. The molecule has 0 fully saturated rings. The van der Waals surface area contributed by atoms with Crippen molar-refractivity contribution >= 4 is 16.9 Å². The van der Waals surface area contributed by atoms with E-state index in [-0.39, 0.29) is 5.56 Å². The molecule has 4 nitrogen and oxygen atoms in total. The number of hydrogen-bond donors (Lipinski definition) is 0. The third-order valence-corrected chi connectivity index (χ3v) is 4.21. The lowest BCUT2D eigenvalue weighted by molar-refractivity contribution is 0.0500. The molecule has 2 aromatic rings. The molecule has 0 atom stereocenters. The van der Waals surface area contributed by atoms with Gasteiger partial charge in [0, 0.05) is 18.0 Å². The summed E-state index contributed by atoms with van der Waals surface area (Å²) >= 11 is 0. The number of benzene rings is 1. The van der Waals surface area contributed by atoms with Crippen LogP contribution in [0.2, 0.25) is 0 Å². The normalized spacial score (nSPS) is 10.9. The lowest BCUT2D eigenvalue weighted by Crippen LogP contribution is -2.22. The number of ether oxygens (including phenoxy) is 1. The SMILES string of the molecule is CCCCCOC(=O)c1cc(=O)n(CCCCC)c2ccccc12. The molecule has 0 saturated heterocycles. The number of esters is 1. The van der Waals surface area contributed by atoms with Crippen LogP contribution in [0.3, 0.4) is 0 Å². The second kappa shape index (κ2) is 9.26. The van der Waals surface area contributed by atoms with Crippen LogP contribution in [0.5, 0.6) is 0 Å². The molecular formula is C20H27NO3. The second-order valence-electron chi connectivity index (χ2n) is 6.12. The Hall–Kier alpha value is -2.10. The number of nitrogens with zero attached hydrogens (tertiary/aromatic N) is 1. The summed E-state index contributed by atoms with van der Waals surface area (Å²) in [5.74, 6) is -0.403. The molecule has 130 valence electrons. The summed E-state index contributed by atoms with van der Waals surface area (Å²) in [6.45, 7) is 5.33. The smallest absolute Gasteiger partial charge is 0.339 e. The number of aryl methyl sites for hydroxylation is 1. The van der Waals surface area contributed by atoms with E-state index in [1.165, 1.54) is 6.07 Å². The molecule has 0 aliphatic heterocycles. The average Bonchev–Trinajstić information content (AvgIpc) is 2.60. The van der Waals surface area contributed by atoms with E-state index in [2.05, 4.69) is 13.8 Å². The Labute approximate surface area is 143 Å². The van der Waals surface area contributed by atoms with Crippen molar-refractivity contribution in [2.24, 2.45) is 0 Å². The van der Waals surface area contributed by atoms with Crippen molar-refractivity contribution in [2.45, 2.75) is 58.9 Å². The Kier molecular flexibility index (Phi) is 7.04. The van der Waals surface area contributed by atoms with Crippen LogP contribution in [0.15, 0.2) is 35.1 Å². The fourth-order valence-electron chi connectivity index (χ4n) is 2.85. The quantitative estimate of drug-likeness (QED) is 0.501. The third-order valence-electron chi connectivity index (χ3n) is 4.21. The summed E-state index contributed by atoms with van der Waals surface area (Å²) in [6, 6.07) is 8.99. The van der Waals surface area contributed by atoms with Crippen LogP contribution in [0.1, 0.15) is 62.7 Å². The van der Waals surface area contributed by atoms with Gasteiger partial charge in [0.2, 0.25) is 0 Å². The number of unbranched alkanes of at least 4 members (excludes halogenated alkanes) is 4. The topological polar surface area (TPSA) is 48.3 Å². The van der Waals surface area contributed by atoms with Gasteiger partial charge in [0.15, 0.2) is 0 Å². The van der Waals surface area contributed by atoms with Crippen LogP contribution in [0.4, 0.5) is 0 Å². The number of pyridine rings is 1. The summed E-state index contributed by atoms with van der Waals surface area (Å²) in [5, 5.41) is 0.786. The Bertz CT molecular complexity index is 733. The van der Waals surface area contributed by atoms with Crippen LogP contribution in [0, 0.1) is 0 Å². The van der Waals surface area contributed by atoms with Gasteiger partial charge in [0.1, 0.15) is 0 Å². The van der Waals surface area contributed by atoms with Crippen molar-refractivity contribution in [1.82, 2.24) is 4.57 Å². The molecule has 0 aliphatic carbocycles. The van der Waals surface area contributed by atoms with E-state index in [0.717, 1.165) is 49.4 Å². The van der Waals surface area contributed by atoms with Crippen LogP contribution in [-0.4, -0.2) is 17.1 Å². The summed E-state index contributed by atoms with van der Waals surface area (Å²) in [5.41, 5.74) is 1.05. The lowest BCUT2D eigenvalue weighted by Gasteiger charge is -2.13. The zero-order valence-corrected chi connectivity index (χ0v) is 14.7. The Morgan fingerprint density at radius 2 is 1.75 bits per heavy atom. The van der Waals surface area contributed by atoms with Crippen molar-refractivity contribution in [3.63, 3.8) is 0 Å². The van der Waals surface area contributed by atoms with Crippen molar-refractivity contribution in [1.29, 1.82) is 0 Å². The maximum atomic E-state index is 12.5. The van der Waals surface area contributed by atoms with Crippen LogP contribution in [0.25, 0.3) is 10.9 Å². The van der Waals surface area contributed by atoms with Gasteiger partial charge in [-0.25, -0.2) is 4.79 Å². The zero-order chi connectivity index (χ0) is 17.4. The van der Waals surface area contributed by atoms with Gasteiger partial charge >= 0.3 is 5.97 Å². The van der Waals surface area contributed by atoms with E-state index < -0.39 is 5.97 Å². The predicted molar refractivity (Wildman–Crippen MR) is 97.5 cm³/mol. The van der Waals surface area contributed by atoms with E-state index in [0.29, 0.717) is 18.7 Å². The van der Waals surface area contributed by atoms with Crippen LogP contribution in [-0.2, 0) is 11.3 Å². The van der Waals surface area contributed by atoms with E-state index in [4.69, 9.17) is 4.74 Å². The van der Waals surface area contributed by atoms with Gasteiger partial charge in [0.05, 0.1) is 17.7 Å². The van der Waals surface area contributed by atoms with E-state index in [1.54, 1.807) is 4.57 Å². The van der Waals surface area contributed by atoms with E-state index in [1.807, 2.05) is 24.3 Å². The highest BCUT2D eigenvalue weighted by atomic mass is 16.5. The molecule has 0 aliphatic rings. The Morgan fingerprint density at radius 3 is 2.50 bits per heavy atom. The summed E-state index contributed by atoms with van der Waals surface area (Å²) in [6.07, 6.45) is 6.12. The average molecular weight is 329 g/mol. The van der Waals surface area contributed by atoms with Crippen molar-refractivity contribution in [3.05, 3.63) is 46.2 Å². The van der Waals surface area contributed by atoms with Gasteiger partial charge in [-0.3, -0.25) is 4.79 Å². The highest BCUT2D eigenvalue weighted by Crippen LogP contribution is 2.18. The van der Waals surface area contributed by atoms with Crippen LogP contribution < -0.4 is 5.56 Å². The molecule has 0 N–H and O–H groups in total. The first-order valence-corrected chi connectivity index (χ1v) is 8.98. The van der Waals surface area contributed by atoms with Gasteiger partial charge in [-0.1, -0.05) is 57.7 Å². The molecule has 24 heavy (non-hydrogen) atoms. The molecule has 1 aromatic carbocycles. The minimum absolute atomic E-state index is 0.134. The monoisotopic (exact) mass is 329 g/mol. The highest BCUT2D eigenvalue weighted by Gasteiger charge is 2.15. The maximum Gasteiger partial charge on any atom is 0.339 e. The number of carbonyl (C=O) groups excluding carboxylic acids is 1. The summed E-state index contributed by atoms with van der Waals surface area (Å²) < 4.78 is 7.11. The number of fused-ring (bicyclic) bond motifs is 1. The number of para-hydroxylation sites is 1. The van der Waals surface area contributed by atoms with Gasteiger partial charge in [-0.15, -0.1) is 0 Å². The highest BCUT2D eigenvalue weighted by molar-refractivity contribution is 6.03. The fraction of sp³-hybridized carbons (Fsp3) is 0.500. The minimum Gasteiger partial charge on any atom is -0.462 e. The zero-order valence-electron chi connectivity index (χ0n) is 14.7. The molecule has 1 heterocycles. The van der Waals surface area contributed by atoms with E-state index in [9.17, 15) is 9.59 Å². The first-order valence-electron chi connectivity index (χ1n) is 8.98. The molecule has 0 amide bonds. The standard InChI is InChI=1S/C20H27NO3/c1-3-5-9-13-21-18-12-8-7-11-16(18)17(15-19(21)22)20(23)24-14-10-6-4-2/h7-8,11-12,15H,3-6,9-10,13-14H2,1-2H3. The predicted octanol–water partition coefficient (Wildman–Crippen LogP) is 4.54. The van der Waals surface area contributed by atoms with E-state index >= 15 is 0 Å². The molecule has 0 radical (unpaired) electrons. The third kappa shape index (κ3) is 4.47. The molecule has 2 rings (SSSR count). The van der Waals surface area contributed by atoms with Crippen molar-refractivity contribution in [2.75, 3.05) is 6.61 Å². The molecule has 0 unspecified atom stereocenters. The van der Waals surface area contributed by atoms with Crippen molar-refractivity contribution in [3.8, 4) is 0 Å². The maximum absolute atomic E-state index is 12.5. The molecule has 0 saturated carbocycles. The van der Waals surface area contributed by atoms with Gasteiger partial charge in [-0.05, 0) is 18.9 Å². The number of hydrogen-bond acceptors (Lipinski definition) is 3. The van der Waals surface area contributed by atoms with Crippen LogP contribution >= 0.6 is 0 Å². The lowest BCUT2D eigenvalue weighted by atomic mass is 10.1. The van der Waals surface area contributed by atoms with Gasteiger partial charge in [0.25, 0.3) is 5.56 Å². The fourth-order valence-corrected chi connectivity index (χ4v) is 2.85. The number of aromatic nitrogens is 1. The molecule has 4 heteroatoms. The van der Waals surface area contributed by atoms with Gasteiger partial charge in [-0.2, -0.15) is 0 Å². The Balaban J connectivity index is 2.30.